The van der Waals surface area contributed by atoms with Crippen molar-refractivity contribution in [3.8, 4) is 22.0 Å². The molecule has 60 heavy (non-hydrogen) atoms. The average molecular weight is 878 g/mol. The normalized spacial score (nSPS) is 15.4. The smallest absolute Gasteiger partial charge is 0.346 e. The first-order chi connectivity index (χ1) is 28.4. The number of aliphatic imine (C=N–C) groups is 2. The molecule has 4 heterocycles. The first-order valence-electron chi connectivity index (χ1n) is 18.4. The Morgan fingerprint density at radius 3 is 2.13 bits per heavy atom. The van der Waals surface area contributed by atoms with Crippen molar-refractivity contribution in [2.45, 2.75) is 76.0 Å². The van der Waals surface area contributed by atoms with Crippen molar-refractivity contribution in [1.29, 1.82) is 0 Å². The molecule has 2 unspecified atom stereocenters. The Morgan fingerprint density at radius 1 is 1.00 bits per heavy atom. The number of nitrogens with two attached hydrogens (primary N) is 6. The molecule has 0 saturated heterocycles. The molecule has 328 valence electrons. The molecule has 1 aliphatic rings. The highest BCUT2D eigenvalue weighted by atomic mass is 32.1. The first-order valence-corrected chi connectivity index (χ1v) is 21.1. The summed E-state index contributed by atoms with van der Waals surface area (Å²) in [5.41, 5.74) is 33.1. The lowest BCUT2D eigenvalue weighted by molar-refractivity contribution is -0.139. The van der Waals surface area contributed by atoms with Crippen LogP contribution >= 0.6 is 18.9 Å². The topological polar surface area (TPSA) is 413 Å². The molecule has 0 aliphatic heterocycles. The number of carbonyl (C=O) groups excluding carboxylic acids is 1. The third-order valence-corrected chi connectivity index (χ3v) is 9.80. The van der Waals surface area contributed by atoms with Gasteiger partial charge in [-0.1, -0.05) is 6.07 Å². The SMILES string of the molecule is CCOC1CC(n2cc(NC(=O)c3csc(-c4cnn(CP(=O)(O)O)c4)n3)c(-c3ccccn3)n2)C1.NC(N)=NCCCC(N)C(=O)O.NC(N)=NCCCC(N)C(=O)O. The number of nitrogens with one attached hydrogen (secondary N) is 1. The number of aromatic nitrogens is 6. The van der Waals surface area contributed by atoms with Crippen LogP contribution in [0.15, 0.2) is 58.4 Å². The van der Waals surface area contributed by atoms with Gasteiger partial charge in [0.1, 0.15) is 34.8 Å². The highest BCUT2D eigenvalue weighted by Gasteiger charge is 2.33. The van der Waals surface area contributed by atoms with Crippen molar-refractivity contribution in [2.75, 3.05) is 25.0 Å². The summed E-state index contributed by atoms with van der Waals surface area (Å²) >= 11 is 1.23. The quantitative estimate of drug-likeness (QED) is 0.0261. The molecule has 0 aromatic carbocycles. The predicted octanol–water partition coefficient (Wildman–Crippen LogP) is 0.296. The molecular weight excluding hydrogens is 826 g/mol. The molecule has 0 spiro atoms. The molecule has 2 atom stereocenters. The molecule has 1 amide bonds. The minimum Gasteiger partial charge on any atom is -0.480 e. The summed E-state index contributed by atoms with van der Waals surface area (Å²) in [6.07, 6.45) is 9.74. The van der Waals surface area contributed by atoms with E-state index < -0.39 is 43.8 Å². The fourth-order valence-electron chi connectivity index (χ4n) is 5.21. The van der Waals surface area contributed by atoms with Gasteiger partial charge in [-0.25, -0.2) is 4.98 Å². The van der Waals surface area contributed by atoms with Crippen LogP contribution in [0, 0.1) is 0 Å². The third kappa shape index (κ3) is 16.8. The van der Waals surface area contributed by atoms with E-state index in [1.165, 1.54) is 23.7 Å². The molecule has 1 fully saturated rings. The molecule has 4 aromatic heterocycles. The molecule has 24 nitrogen and oxygen atoms in total. The molecular formula is C34H52N15O9PS. The van der Waals surface area contributed by atoms with Crippen molar-refractivity contribution >= 4 is 54.4 Å². The molecule has 5 rings (SSSR count). The van der Waals surface area contributed by atoms with E-state index in [-0.39, 0.29) is 29.8 Å². The molecule has 17 N–H and O–H groups in total. The van der Waals surface area contributed by atoms with Crippen LogP contribution in [-0.4, -0.2) is 117 Å². The number of carboxylic acids is 2. The van der Waals surface area contributed by atoms with E-state index in [0.29, 0.717) is 73.0 Å². The Morgan fingerprint density at radius 2 is 1.62 bits per heavy atom. The zero-order chi connectivity index (χ0) is 44.4. The molecule has 0 bridgehead atoms. The van der Waals surface area contributed by atoms with E-state index in [1.54, 1.807) is 11.6 Å². The number of hydrogen-bond donors (Lipinski definition) is 11. The minimum atomic E-state index is -4.26. The van der Waals surface area contributed by atoms with Gasteiger partial charge in [0.15, 0.2) is 11.9 Å². The van der Waals surface area contributed by atoms with E-state index in [2.05, 4.69) is 30.4 Å². The molecule has 4 aromatic rings. The minimum absolute atomic E-state index is 0.0129. The van der Waals surface area contributed by atoms with Crippen molar-refractivity contribution in [3.05, 3.63) is 54.1 Å². The second-order valence-corrected chi connectivity index (χ2v) is 15.6. The summed E-state index contributed by atoms with van der Waals surface area (Å²) in [7, 11) is -4.26. The Bertz CT molecular complexity index is 2050. The number of guanidine groups is 2. The van der Waals surface area contributed by atoms with Crippen molar-refractivity contribution in [3.63, 3.8) is 0 Å². The van der Waals surface area contributed by atoms with Crippen LogP contribution in [0.1, 0.15) is 62.0 Å². The number of carbonyl (C=O) groups is 3. The number of hydrogen-bond acceptors (Lipinski definition) is 14. The molecule has 26 heteroatoms. The van der Waals surface area contributed by atoms with E-state index in [4.69, 9.17) is 64.2 Å². The number of pyridine rings is 1. The lowest BCUT2D eigenvalue weighted by Crippen LogP contribution is -2.33. The Balaban J connectivity index is 0.000000329. The summed E-state index contributed by atoms with van der Waals surface area (Å²) in [5.74, 6) is -2.38. The van der Waals surface area contributed by atoms with Crippen LogP contribution in [0.4, 0.5) is 5.69 Å². The maximum absolute atomic E-state index is 13.1. The predicted molar refractivity (Wildman–Crippen MR) is 224 cm³/mol. The van der Waals surface area contributed by atoms with E-state index in [0.717, 1.165) is 17.5 Å². The van der Waals surface area contributed by atoms with Crippen LogP contribution in [-0.2, 0) is 25.2 Å². The Hall–Kier alpha value is -5.82. The third-order valence-electron chi connectivity index (χ3n) is 8.25. The van der Waals surface area contributed by atoms with Crippen molar-refractivity contribution in [2.24, 2.45) is 44.4 Å². The zero-order valence-electron chi connectivity index (χ0n) is 32.7. The first kappa shape index (κ1) is 48.5. The van der Waals surface area contributed by atoms with Gasteiger partial charge in [-0.3, -0.25) is 43.3 Å². The summed E-state index contributed by atoms with van der Waals surface area (Å²) in [6, 6.07) is 4.06. The van der Waals surface area contributed by atoms with Gasteiger partial charge in [-0.2, -0.15) is 10.2 Å². The van der Waals surface area contributed by atoms with Gasteiger partial charge < -0.3 is 64.5 Å². The van der Waals surface area contributed by atoms with E-state index in [1.807, 2.05) is 36.0 Å². The number of anilines is 1. The van der Waals surface area contributed by atoms with Crippen LogP contribution in [0.5, 0.6) is 0 Å². The number of aliphatic carboxylic acids is 2. The number of carboxylic acid groups (broad SMARTS) is 2. The number of amides is 1. The standard InChI is InChI=1S/C22H24N7O5PS.2C6H14N4O2/c1-2-34-16-7-15(8-16)29-11-18(20(27-29)17-5-3-4-6-23-17)25-21(30)19-12-36-22(26-19)14-9-24-28(10-14)13-35(31,32)33;2*7-4(5(11)12)2-1-3-10-6(8)9/h3-6,9-12,15-16H,2,7-8,13H2,1H3,(H,25,30)(H2,31,32,33);2*4H,1-3,7H2,(H,11,12)(H4,8,9,10). The Labute approximate surface area is 348 Å². The summed E-state index contributed by atoms with van der Waals surface area (Å²) in [5, 5.41) is 30.5. The maximum atomic E-state index is 13.1. The highest BCUT2D eigenvalue weighted by molar-refractivity contribution is 7.50. The van der Waals surface area contributed by atoms with E-state index in [9.17, 15) is 18.9 Å². The fourth-order valence-corrected chi connectivity index (χ4v) is 6.52. The molecule has 1 saturated carbocycles. The van der Waals surface area contributed by atoms with Crippen LogP contribution in [0.2, 0.25) is 0 Å². The van der Waals surface area contributed by atoms with Crippen LogP contribution in [0.3, 0.4) is 0 Å². The maximum Gasteiger partial charge on any atom is 0.346 e. The largest absolute Gasteiger partial charge is 0.480 e. The lowest BCUT2D eigenvalue weighted by Gasteiger charge is -2.34. The fraction of sp³-hybridized carbons (Fsp3) is 0.441. The van der Waals surface area contributed by atoms with Crippen molar-refractivity contribution < 1.29 is 43.7 Å². The second kappa shape index (κ2) is 23.7. The van der Waals surface area contributed by atoms with Gasteiger partial charge in [0, 0.05) is 49.2 Å². The summed E-state index contributed by atoms with van der Waals surface area (Å²) < 4.78 is 19.9. The van der Waals surface area contributed by atoms with E-state index >= 15 is 0 Å². The van der Waals surface area contributed by atoms with Gasteiger partial charge >= 0.3 is 19.5 Å². The van der Waals surface area contributed by atoms with Gasteiger partial charge in [0.2, 0.25) is 0 Å². The number of rotatable bonds is 19. The van der Waals surface area contributed by atoms with Gasteiger partial charge in [-0.05, 0) is 57.6 Å². The van der Waals surface area contributed by atoms with Crippen LogP contribution in [0.25, 0.3) is 22.0 Å². The average Bonchev–Trinajstić information content (AvgIpc) is 3.94. The van der Waals surface area contributed by atoms with Crippen LogP contribution < -0.4 is 39.7 Å². The van der Waals surface area contributed by atoms with Gasteiger partial charge in [0.05, 0.1) is 29.7 Å². The molecule has 1 aliphatic carbocycles. The second-order valence-electron chi connectivity index (χ2n) is 13.1. The Kier molecular flexibility index (Phi) is 19.2. The van der Waals surface area contributed by atoms with Gasteiger partial charge in [0.25, 0.3) is 5.91 Å². The lowest BCUT2D eigenvalue weighted by atomic mass is 9.89. The van der Waals surface area contributed by atoms with Crippen molar-refractivity contribution in [1.82, 2.24) is 29.5 Å². The number of thiazole rings is 1. The van der Waals surface area contributed by atoms with Gasteiger partial charge in [-0.15, -0.1) is 11.3 Å². The summed E-state index contributed by atoms with van der Waals surface area (Å²) in [6.45, 7) is 3.50. The number of ether oxygens (including phenoxy) is 1. The molecule has 0 radical (unpaired) electrons. The summed E-state index contributed by atoms with van der Waals surface area (Å²) in [4.78, 5) is 67.9. The monoisotopic (exact) mass is 877 g/mol. The number of nitrogens with zero attached hydrogens (tertiary/aromatic N) is 8. The highest BCUT2D eigenvalue weighted by Crippen LogP contribution is 2.38. The zero-order valence-corrected chi connectivity index (χ0v) is 34.4.